The highest BCUT2D eigenvalue weighted by Crippen LogP contribution is 2.32. The van der Waals surface area contributed by atoms with Gasteiger partial charge in [-0.05, 0) is 37.1 Å². The molecular weight excluding hydrogens is 319 g/mol. The van der Waals surface area contributed by atoms with Crippen LogP contribution in [-0.2, 0) is 0 Å². The molecular formula is C14H21Cl3N2O. The summed E-state index contributed by atoms with van der Waals surface area (Å²) in [6, 6.07) is 5.37. The number of benzene rings is 1. The highest BCUT2D eigenvalue weighted by molar-refractivity contribution is 6.37. The van der Waals surface area contributed by atoms with E-state index >= 15 is 0 Å². The second-order valence-corrected chi connectivity index (χ2v) is 6.25. The Morgan fingerprint density at radius 1 is 1.35 bits per heavy atom. The lowest BCUT2D eigenvalue weighted by atomic mass is 9.90. The molecule has 2 N–H and O–H groups in total. The van der Waals surface area contributed by atoms with Gasteiger partial charge < -0.3 is 10.5 Å². The maximum absolute atomic E-state index is 6.05. The van der Waals surface area contributed by atoms with E-state index < -0.39 is 0 Å². The number of hydrogen-bond acceptors (Lipinski definition) is 3. The number of hydrogen-bond donors (Lipinski definition) is 1. The molecule has 0 aliphatic carbocycles. The topological polar surface area (TPSA) is 38.5 Å². The van der Waals surface area contributed by atoms with Crippen molar-refractivity contribution in [2.45, 2.75) is 13.3 Å². The maximum atomic E-state index is 6.05. The second kappa shape index (κ2) is 7.71. The van der Waals surface area contributed by atoms with Crippen LogP contribution < -0.4 is 10.5 Å². The van der Waals surface area contributed by atoms with Crippen LogP contribution in [-0.4, -0.2) is 37.7 Å². The quantitative estimate of drug-likeness (QED) is 0.893. The first kappa shape index (κ1) is 17.9. The molecule has 0 bridgehead atoms. The minimum Gasteiger partial charge on any atom is -0.489 e. The average molecular weight is 340 g/mol. The first-order valence-electron chi connectivity index (χ1n) is 6.53. The molecule has 3 nitrogen and oxygen atoms in total. The summed E-state index contributed by atoms with van der Waals surface area (Å²) in [5.41, 5.74) is 6.05. The molecule has 0 radical (unpaired) electrons. The van der Waals surface area contributed by atoms with Crippen molar-refractivity contribution in [3.05, 3.63) is 28.2 Å². The fraction of sp³-hybridized carbons (Fsp3) is 0.571. The van der Waals surface area contributed by atoms with Crippen molar-refractivity contribution in [1.29, 1.82) is 0 Å². The monoisotopic (exact) mass is 338 g/mol. The largest absolute Gasteiger partial charge is 0.489 e. The molecule has 1 atom stereocenters. The fourth-order valence-corrected chi connectivity index (χ4v) is 2.89. The van der Waals surface area contributed by atoms with Gasteiger partial charge in [0.2, 0.25) is 0 Å². The van der Waals surface area contributed by atoms with Gasteiger partial charge in [0.1, 0.15) is 6.61 Å². The molecule has 20 heavy (non-hydrogen) atoms. The van der Waals surface area contributed by atoms with Crippen LogP contribution in [0.15, 0.2) is 18.2 Å². The first-order valence-corrected chi connectivity index (χ1v) is 7.29. The molecule has 1 aromatic carbocycles. The van der Waals surface area contributed by atoms with E-state index in [4.69, 9.17) is 33.7 Å². The molecule has 1 unspecified atom stereocenters. The highest BCUT2D eigenvalue weighted by atomic mass is 35.5. The van der Waals surface area contributed by atoms with Gasteiger partial charge in [-0.15, -0.1) is 12.4 Å². The van der Waals surface area contributed by atoms with Gasteiger partial charge in [0.05, 0.1) is 10.0 Å². The Balaban J connectivity index is 0.00000200. The van der Waals surface area contributed by atoms with Crippen LogP contribution in [0.1, 0.15) is 13.3 Å². The minimum absolute atomic E-state index is 0. The zero-order valence-corrected chi connectivity index (χ0v) is 13.9. The summed E-state index contributed by atoms with van der Waals surface area (Å²) in [4.78, 5) is 2.37. The zero-order chi connectivity index (χ0) is 13.9. The van der Waals surface area contributed by atoms with Gasteiger partial charge in [0.15, 0.2) is 5.75 Å². The molecule has 114 valence electrons. The predicted molar refractivity (Wildman–Crippen MR) is 87.4 cm³/mol. The smallest absolute Gasteiger partial charge is 0.156 e. The van der Waals surface area contributed by atoms with Gasteiger partial charge in [-0.25, -0.2) is 0 Å². The molecule has 0 amide bonds. The van der Waals surface area contributed by atoms with Gasteiger partial charge >= 0.3 is 0 Å². The van der Waals surface area contributed by atoms with Crippen molar-refractivity contribution in [2.24, 2.45) is 11.1 Å². The normalized spacial score (nSPS) is 22.6. The van der Waals surface area contributed by atoms with E-state index in [9.17, 15) is 0 Å². The highest BCUT2D eigenvalue weighted by Gasteiger charge is 2.32. The van der Waals surface area contributed by atoms with Crippen molar-refractivity contribution in [3.63, 3.8) is 0 Å². The lowest BCUT2D eigenvalue weighted by Crippen LogP contribution is -2.33. The van der Waals surface area contributed by atoms with Crippen LogP contribution in [0.25, 0.3) is 0 Å². The molecule has 6 heteroatoms. The van der Waals surface area contributed by atoms with Crippen molar-refractivity contribution in [3.8, 4) is 5.75 Å². The standard InChI is InChI=1S/C14H20Cl2N2O.ClH/c1-14(9-17)5-6-18(10-14)7-8-19-13-11(15)3-2-4-12(13)16;/h2-4H,5-10,17H2,1H3;1H. The molecule has 1 aliphatic heterocycles. The van der Waals surface area contributed by atoms with Crippen LogP contribution in [0.3, 0.4) is 0 Å². The third kappa shape index (κ3) is 4.40. The maximum Gasteiger partial charge on any atom is 0.156 e. The molecule has 2 rings (SSSR count). The number of para-hydroxylation sites is 1. The van der Waals surface area contributed by atoms with Crippen LogP contribution in [0, 0.1) is 5.41 Å². The van der Waals surface area contributed by atoms with E-state index in [-0.39, 0.29) is 17.8 Å². The molecule has 1 fully saturated rings. The van der Waals surface area contributed by atoms with Gasteiger partial charge in [-0.3, -0.25) is 4.90 Å². The predicted octanol–water partition coefficient (Wildman–Crippen LogP) is 3.46. The number of ether oxygens (including phenoxy) is 1. The summed E-state index contributed by atoms with van der Waals surface area (Å²) in [5, 5.41) is 1.11. The first-order chi connectivity index (χ1) is 9.04. The van der Waals surface area contributed by atoms with Gasteiger partial charge in [-0.2, -0.15) is 0 Å². The summed E-state index contributed by atoms with van der Waals surface area (Å²) >= 11 is 12.1. The van der Waals surface area contributed by atoms with Crippen molar-refractivity contribution >= 4 is 35.6 Å². The number of nitrogens with two attached hydrogens (primary N) is 1. The van der Waals surface area contributed by atoms with E-state index in [0.29, 0.717) is 22.4 Å². The number of likely N-dealkylation sites (tertiary alicyclic amines) is 1. The molecule has 1 aliphatic rings. The zero-order valence-electron chi connectivity index (χ0n) is 11.6. The molecule has 1 saturated heterocycles. The Morgan fingerprint density at radius 2 is 2.00 bits per heavy atom. The third-order valence-corrected chi connectivity index (χ3v) is 4.30. The van der Waals surface area contributed by atoms with E-state index in [1.54, 1.807) is 12.1 Å². The van der Waals surface area contributed by atoms with Gasteiger partial charge in [-0.1, -0.05) is 36.2 Å². The summed E-state index contributed by atoms with van der Waals surface area (Å²) in [5.74, 6) is 0.576. The van der Waals surface area contributed by atoms with Crippen LogP contribution in [0.5, 0.6) is 5.75 Å². The van der Waals surface area contributed by atoms with Crippen molar-refractivity contribution in [1.82, 2.24) is 4.90 Å². The van der Waals surface area contributed by atoms with E-state index in [1.165, 1.54) is 0 Å². The third-order valence-electron chi connectivity index (χ3n) is 3.70. The number of nitrogens with zero attached hydrogens (tertiary/aromatic N) is 1. The van der Waals surface area contributed by atoms with Crippen LogP contribution >= 0.6 is 35.6 Å². The SMILES string of the molecule is CC1(CN)CCN(CCOc2c(Cl)cccc2Cl)C1.Cl. The van der Waals surface area contributed by atoms with E-state index in [2.05, 4.69) is 11.8 Å². The lowest BCUT2D eigenvalue weighted by molar-refractivity contribution is 0.219. The summed E-state index contributed by atoms with van der Waals surface area (Å²) in [6.07, 6.45) is 1.15. The molecule has 0 aromatic heterocycles. The number of halogens is 3. The van der Waals surface area contributed by atoms with Crippen LogP contribution in [0.4, 0.5) is 0 Å². The number of rotatable bonds is 5. The van der Waals surface area contributed by atoms with E-state index in [1.807, 2.05) is 6.07 Å². The Hall–Kier alpha value is -0.190. The molecule has 0 spiro atoms. The Labute approximate surface area is 136 Å². The Kier molecular flexibility index (Phi) is 6.89. The van der Waals surface area contributed by atoms with E-state index in [0.717, 1.165) is 32.6 Å². The molecule has 1 aromatic rings. The minimum atomic E-state index is 0. The molecule has 0 saturated carbocycles. The summed E-state index contributed by atoms with van der Waals surface area (Å²) in [6.45, 7) is 6.54. The average Bonchev–Trinajstić information content (AvgIpc) is 2.76. The Bertz CT molecular complexity index is 424. The van der Waals surface area contributed by atoms with Gasteiger partial charge in [0, 0.05) is 13.1 Å². The van der Waals surface area contributed by atoms with Crippen molar-refractivity contribution < 1.29 is 4.74 Å². The summed E-state index contributed by atoms with van der Waals surface area (Å²) in [7, 11) is 0. The summed E-state index contributed by atoms with van der Waals surface area (Å²) < 4.78 is 5.69. The Morgan fingerprint density at radius 3 is 2.55 bits per heavy atom. The van der Waals surface area contributed by atoms with Crippen molar-refractivity contribution in [2.75, 3.05) is 32.8 Å². The second-order valence-electron chi connectivity index (χ2n) is 5.44. The fourth-order valence-electron chi connectivity index (χ4n) is 2.38. The van der Waals surface area contributed by atoms with Gasteiger partial charge in [0.25, 0.3) is 0 Å². The van der Waals surface area contributed by atoms with Crippen LogP contribution in [0.2, 0.25) is 10.0 Å². The lowest BCUT2D eigenvalue weighted by Gasteiger charge is -2.22. The molecule has 1 heterocycles.